The molecule has 1 heterocycles. The number of para-hydroxylation sites is 1. The number of hydrogen-bond acceptors (Lipinski definition) is 1. The van der Waals surface area contributed by atoms with Crippen molar-refractivity contribution in [2.24, 2.45) is 0 Å². The fourth-order valence-corrected chi connectivity index (χ4v) is 5.35. The normalized spacial score (nSPS) is 13.5. The van der Waals surface area contributed by atoms with Crippen LogP contribution in [0.5, 0.6) is 0 Å². The molecule has 1 aliphatic carbocycles. The highest BCUT2D eigenvalue weighted by molar-refractivity contribution is 6.11. The lowest BCUT2D eigenvalue weighted by molar-refractivity contribution is 0.629. The number of aromatic nitrogens is 1. The van der Waals surface area contributed by atoms with Crippen molar-refractivity contribution in [2.45, 2.75) is 19.3 Å². The summed E-state index contributed by atoms with van der Waals surface area (Å²) >= 11 is 0. The molecule has 0 unspecified atom stereocenters. The van der Waals surface area contributed by atoms with Gasteiger partial charge in [-0.1, -0.05) is 56.3 Å². The minimum Gasteiger partial charge on any atom is -0.319 e. The third-order valence-electron chi connectivity index (χ3n) is 6.94. The SMILES string of the molecule is [C-]#[N+]c1c(-n2c3ccccc3c3cc4c(cc32)-c2ccccc2C4(C)C)ccc(C#N)c1F. The van der Waals surface area contributed by atoms with E-state index in [4.69, 9.17) is 6.57 Å². The molecule has 0 saturated heterocycles. The molecule has 1 aromatic heterocycles. The highest BCUT2D eigenvalue weighted by Gasteiger charge is 2.36. The van der Waals surface area contributed by atoms with Crippen molar-refractivity contribution >= 4 is 27.5 Å². The van der Waals surface area contributed by atoms with E-state index in [1.165, 1.54) is 22.8 Å². The Labute approximate surface area is 190 Å². The second kappa shape index (κ2) is 6.55. The molecule has 3 nitrogen and oxygen atoms in total. The van der Waals surface area contributed by atoms with E-state index in [0.717, 1.165) is 27.4 Å². The summed E-state index contributed by atoms with van der Waals surface area (Å²) in [5.74, 6) is -0.774. The number of fused-ring (bicyclic) bond motifs is 6. The van der Waals surface area contributed by atoms with E-state index in [1.54, 1.807) is 6.07 Å². The topological polar surface area (TPSA) is 33.1 Å². The van der Waals surface area contributed by atoms with Crippen molar-refractivity contribution in [1.29, 1.82) is 5.26 Å². The van der Waals surface area contributed by atoms with Gasteiger partial charge in [-0.05, 0) is 52.6 Å². The summed E-state index contributed by atoms with van der Waals surface area (Å²) < 4.78 is 16.9. The molecule has 33 heavy (non-hydrogen) atoms. The van der Waals surface area contributed by atoms with Crippen LogP contribution in [0.4, 0.5) is 10.1 Å². The summed E-state index contributed by atoms with van der Waals surface area (Å²) in [5.41, 5.74) is 6.76. The molecule has 0 spiro atoms. The van der Waals surface area contributed by atoms with Crippen LogP contribution in [0.3, 0.4) is 0 Å². The highest BCUT2D eigenvalue weighted by atomic mass is 19.1. The maximum Gasteiger partial charge on any atom is 0.246 e. The van der Waals surface area contributed by atoms with Crippen molar-refractivity contribution in [3.63, 3.8) is 0 Å². The number of hydrogen-bond donors (Lipinski definition) is 0. The van der Waals surface area contributed by atoms with Crippen LogP contribution in [0.25, 0.3) is 43.5 Å². The average molecular weight is 427 g/mol. The van der Waals surface area contributed by atoms with E-state index in [2.05, 4.69) is 61.2 Å². The highest BCUT2D eigenvalue weighted by Crippen LogP contribution is 2.51. The molecule has 0 bridgehead atoms. The van der Waals surface area contributed by atoms with E-state index >= 15 is 0 Å². The molecular weight excluding hydrogens is 409 g/mol. The zero-order chi connectivity index (χ0) is 22.9. The van der Waals surface area contributed by atoms with Crippen LogP contribution in [0, 0.1) is 23.7 Å². The Morgan fingerprint density at radius 3 is 2.42 bits per heavy atom. The third kappa shape index (κ3) is 2.41. The lowest BCUT2D eigenvalue weighted by atomic mass is 9.82. The zero-order valence-electron chi connectivity index (χ0n) is 18.1. The number of rotatable bonds is 1. The fourth-order valence-electron chi connectivity index (χ4n) is 5.35. The quantitative estimate of drug-likeness (QED) is 0.253. The molecule has 0 saturated carbocycles. The fraction of sp³-hybridized carbons (Fsp3) is 0.103. The number of nitrogens with zero attached hydrogens (tertiary/aromatic N) is 3. The van der Waals surface area contributed by atoms with E-state index in [-0.39, 0.29) is 16.7 Å². The second-order valence-corrected chi connectivity index (χ2v) is 8.96. The monoisotopic (exact) mass is 427 g/mol. The molecule has 0 fully saturated rings. The molecule has 0 atom stereocenters. The van der Waals surface area contributed by atoms with Crippen LogP contribution in [0.1, 0.15) is 30.5 Å². The van der Waals surface area contributed by atoms with Crippen molar-refractivity contribution in [3.8, 4) is 22.9 Å². The van der Waals surface area contributed by atoms with Crippen LogP contribution >= 0.6 is 0 Å². The minimum atomic E-state index is -0.774. The minimum absolute atomic E-state index is 0.123. The van der Waals surface area contributed by atoms with Gasteiger partial charge in [-0.15, -0.1) is 0 Å². The third-order valence-corrected chi connectivity index (χ3v) is 6.94. The molecule has 0 N–H and O–H groups in total. The van der Waals surface area contributed by atoms with Crippen molar-refractivity contribution in [1.82, 2.24) is 4.57 Å². The molecule has 156 valence electrons. The Bertz CT molecular complexity index is 1720. The van der Waals surface area contributed by atoms with Crippen LogP contribution in [0.15, 0.2) is 72.8 Å². The molecular formula is C29H18FN3. The van der Waals surface area contributed by atoms with E-state index < -0.39 is 5.82 Å². The summed E-state index contributed by atoms with van der Waals surface area (Å²) in [7, 11) is 0. The first-order chi connectivity index (χ1) is 16.0. The van der Waals surface area contributed by atoms with Gasteiger partial charge in [-0.25, -0.2) is 9.24 Å². The van der Waals surface area contributed by atoms with Crippen molar-refractivity contribution < 1.29 is 4.39 Å². The summed E-state index contributed by atoms with van der Waals surface area (Å²) in [4.78, 5) is 3.48. The van der Waals surface area contributed by atoms with Crippen LogP contribution < -0.4 is 0 Å². The molecule has 4 aromatic carbocycles. The Balaban J connectivity index is 1.79. The summed E-state index contributed by atoms with van der Waals surface area (Å²) in [6.07, 6.45) is 0. The number of benzene rings is 4. The Morgan fingerprint density at radius 2 is 1.64 bits per heavy atom. The van der Waals surface area contributed by atoms with Gasteiger partial charge in [0.05, 0.1) is 28.9 Å². The summed E-state index contributed by atoms with van der Waals surface area (Å²) in [5, 5.41) is 11.4. The van der Waals surface area contributed by atoms with Gasteiger partial charge in [0.15, 0.2) is 0 Å². The maximum atomic E-state index is 15.0. The van der Waals surface area contributed by atoms with Gasteiger partial charge in [-0.2, -0.15) is 5.26 Å². The maximum absolute atomic E-state index is 15.0. The van der Waals surface area contributed by atoms with Crippen molar-refractivity contribution in [3.05, 3.63) is 107 Å². The van der Waals surface area contributed by atoms with Crippen LogP contribution in [0.2, 0.25) is 0 Å². The first-order valence-corrected chi connectivity index (χ1v) is 10.8. The molecule has 0 aliphatic heterocycles. The predicted octanol–water partition coefficient (Wildman–Crippen LogP) is 7.65. The summed E-state index contributed by atoms with van der Waals surface area (Å²) in [6.45, 7) is 12.1. The standard InChI is InChI=1S/C29H18FN3/c1-29(2)22-10-6-4-8-18(22)20-15-26-21(14-23(20)29)19-9-5-7-11-24(19)33(26)25-13-12-17(16-31)27(30)28(25)32-3/h4-15H,1-2H3. The second-order valence-electron chi connectivity index (χ2n) is 8.96. The van der Waals surface area contributed by atoms with Gasteiger partial charge in [0.25, 0.3) is 0 Å². The zero-order valence-corrected chi connectivity index (χ0v) is 18.1. The van der Waals surface area contributed by atoms with E-state index in [1.807, 2.05) is 28.8 Å². The van der Waals surface area contributed by atoms with Gasteiger partial charge in [0, 0.05) is 16.2 Å². The largest absolute Gasteiger partial charge is 0.319 e. The first-order valence-electron chi connectivity index (χ1n) is 10.8. The van der Waals surface area contributed by atoms with Gasteiger partial charge < -0.3 is 4.57 Å². The number of nitriles is 1. The summed E-state index contributed by atoms with van der Waals surface area (Å²) in [6, 6.07) is 25.8. The van der Waals surface area contributed by atoms with Gasteiger partial charge in [-0.3, -0.25) is 0 Å². The lowest BCUT2D eigenvalue weighted by Crippen LogP contribution is -2.14. The molecule has 6 rings (SSSR count). The molecule has 0 amide bonds. The Kier molecular flexibility index (Phi) is 3.83. The van der Waals surface area contributed by atoms with E-state index in [0.29, 0.717) is 5.69 Å². The average Bonchev–Trinajstić information content (AvgIpc) is 3.27. The Morgan fingerprint density at radius 1 is 0.879 bits per heavy atom. The van der Waals surface area contributed by atoms with Crippen LogP contribution in [-0.2, 0) is 5.41 Å². The van der Waals surface area contributed by atoms with Gasteiger partial charge in [0.1, 0.15) is 11.9 Å². The molecule has 1 aliphatic rings. The predicted molar refractivity (Wildman–Crippen MR) is 129 cm³/mol. The first kappa shape index (κ1) is 19.3. The van der Waals surface area contributed by atoms with Crippen LogP contribution in [-0.4, -0.2) is 4.57 Å². The van der Waals surface area contributed by atoms with Crippen molar-refractivity contribution in [2.75, 3.05) is 0 Å². The molecule has 5 aromatic rings. The lowest BCUT2D eigenvalue weighted by Gasteiger charge is -2.21. The molecule has 4 heteroatoms. The smallest absolute Gasteiger partial charge is 0.246 e. The number of halogens is 1. The van der Waals surface area contributed by atoms with E-state index in [9.17, 15) is 9.65 Å². The van der Waals surface area contributed by atoms with Gasteiger partial charge in [0.2, 0.25) is 5.69 Å². The Hall–Kier alpha value is -4.41. The molecule has 0 radical (unpaired) electrons. The van der Waals surface area contributed by atoms with Gasteiger partial charge >= 0.3 is 0 Å².